The average molecular weight is 370 g/mol. The van der Waals surface area contributed by atoms with Gasteiger partial charge in [-0.25, -0.2) is 0 Å². The molecule has 1 saturated heterocycles. The van der Waals surface area contributed by atoms with E-state index in [9.17, 15) is 0 Å². The van der Waals surface area contributed by atoms with Gasteiger partial charge in [-0.1, -0.05) is 30.3 Å². The van der Waals surface area contributed by atoms with E-state index in [-0.39, 0.29) is 18.3 Å². The minimum atomic E-state index is -0.348. The zero-order valence-electron chi connectivity index (χ0n) is 16.6. The van der Waals surface area contributed by atoms with Gasteiger partial charge in [0.25, 0.3) is 0 Å². The van der Waals surface area contributed by atoms with Crippen LogP contribution in [0.2, 0.25) is 0 Å². The largest absolute Gasteiger partial charge is 0.494 e. The van der Waals surface area contributed by atoms with Gasteiger partial charge in [0.2, 0.25) is 0 Å². The number of pyridine rings is 1. The van der Waals surface area contributed by atoms with Crippen LogP contribution in [0.15, 0.2) is 66.9 Å². The van der Waals surface area contributed by atoms with Gasteiger partial charge in [-0.05, 0) is 63.5 Å². The third kappa shape index (κ3) is 2.50. The highest BCUT2D eigenvalue weighted by molar-refractivity contribution is 6.62. The normalized spacial score (nSPS) is 18.2. The first-order chi connectivity index (χ1) is 13.4. The van der Waals surface area contributed by atoms with Crippen molar-refractivity contribution in [3.63, 3.8) is 0 Å². The van der Waals surface area contributed by atoms with Gasteiger partial charge in [0.15, 0.2) is 0 Å². The van der Waals surface area contributed by atoms with Crippen molar-refractivity contribution in [3.8, 4) is 5.69 Å². The van der Waals surface area contributed by atoms with Crippen LogP contribution in [-0.2, 0) is 9.31 Å². The summed E-state index contributed by atoms with van der Waals surface area (Å²) in [5.41, 5.74) is 4.73. The van der Waals surface area contributed by atoms with Crippen molar-refractivity contribution in [2.45, 2.75) is 38.9 Å². The first kappa shape index (κ1) is 17.5. The van der Waals surface area contributed by atoms with Crippen LogP contribution < -0.4 is 5.46 Å². The van der Waals surface area contributed by atoms with Crippen LogP contribution >= 0.6 is 0 Å². The van der Waals surface area contributed by atoms with E-state index in [4.69, 9.17) is 9.31 Å². The molecule has 0 unspecified atom stereocenters. The van der Waals surface area contributed by atoms with Crippen LogP contribution in [-0.4, -0.2) is 27.9 Å². The quantitative estimate of drug-likeness (QED) is 0.488. The number of benzene rings is 2. The fourth-order valence-electron chi connectivity index (χ4n) is 3.82. The van der Waals surface area contributed by atoms with Gasteiger partial charge in [-0.15, -0.1) is 0 Å². The molecule has 1 aliphatic heterocycles. The molecular weight excluding hydrogens is 347 g/mol. The zero-order chi connectivity index (χ0) is 19.5. The summed E-state index contributed by atoms with van der Waals surface area (Å²) in [5.74, 6) is 0. The molecule has 0 bridgehead atoms. The van der Waals surface area contributed by atoms with Gasteiger partial charge in [0, 0.05) is 17.3 Å². The number of fused-ring (bicyclic) bond motifs is 3. The van der Waals surface area contributed by atoms with E-state index in [1.165, 1.54) is 0 Å². The van der Waals surface area contributed by atoms with Crippen LogP contribution in [0, 0.1) is 0 Å². The van der Waals surface area contributed by atoms with E-state index in [2.05, 4.69) is 91.8 Å². The average Bonchev–Trinajstić information content (AvgIpc) is 3.12. The maximum absolute atomic E-state index is 6.18. The maximum Gasteiger partial charge on any atom is 0.494 e. The Labute approximate surface area is 165 Å². The molecule has 3 heterocycles. The standard InChI is InChI=1S/C23H23BN2O2/c1-22(2)23(3,4)28-24(27-22)16-11-13-17(14-12-16)26-19-9-6-5-8-18(19)21-20(26)10-7-15-25-21/h5-15H,1-4H3. The van der Waals surface area contributed by atoms with Gasteiger partial charge >= 0.3 is 7.12 Å². The summed E-state index contributed by atoms with van der Waals surface area (Å²) in [4.78, 5) is 4.61. The zero-order valence-corrected chi connectivity index (χ0v) is 16.6. The fourth-order valence-corrected chi connectivity index (χ4v) is 3.82. The van der Waals surface area contributed by atoms with Crippen LogP contribution in [0.5, 0.6) is 0 Å². The number of hydrogen-bond acceptors (Lipinski definition) is 3. The van der Waals surface area contributed by atoms with Crippen molar-refractivity contribution in [3.05, 3.63) is 66.9 Å². The highest BCUT2D eigenvalue weighted by Gasteiger charge is 2.51. The monoisotopic (exact) mass is 370 g/mol. The topological polar surface area (TPSA) is 36.3 Å². The van der Waals surface area contributed by atoms with Crippen LogP contribution in [0.25, 0.3) is 27.6 Å². The second-order valence-corrected chi connectivity index (χ2v) is 8.40. The van der Waals surface area contributed by atoms with E-state index in [1.807, 2.05) is 12.3 Å². The lowest BCUT2D eigenvalue weighted by Crippen LogP contribution is -2.41. The Kier molecular flexibility index (Phi) is 3.70. The van der Waals surface area contributed by atoms with Gasteiger partial charge in [-0.2, -0.15) is 0 Å². The fraction of sp³-hybridized carbons (Fsp3) is 0.261. The first-order valence-electron chi connectivity index (χ1n) is 9.68. The van der Waals surface area contributed by atoms with Crippen molar-refractivity contribution in [1.29, 1.82) is 0 Å². The Morgan fingerprint density at radius 1 is 0.786 bits per heavy atom. The molecule has 0 atom stereocenters. The Morgan fingerprint density at radius 3 is 2.14 bits per heavy atom. The smallest absolute Gasteiger partial charge is 0.399 e. The lowest BCUT2D eigenvalue weighted by molar-refractivity contribution is 0.00578. The predicted molar refractivity (Wildman–Crippen MR) is 114 cm³/mol. The minimum absolute atomic E-state index is 0.338. The molecule has 0 aliphatic carbocycles. The Balaban J connectivity index is 1.59. The van der Waals surface area contributed by atoms with E-state index in [0.717, 1.165) is 33.1 Å². The second kappa shape index (κ2) is 5.93. The number of rotatable bonds is 2. The van der Waals surface area contributed by atoms with Crippen molar-refractivity contribution in [2.75, 3.05) is 0 Å². The number of para-hydroxylation sites is 1. The highest BCUT2D eigenvalue weighted by atomic mass is 16.7. The van der Waals surface area contributed by atoms with Crippen LogP contribution in [0.4, 0.5) is 0 Å². The molecule has 0 N–H and O–H groups in total. The lowest BCUT2D eigenvalue weighted by atomic mass is 9.79. The maximum atomic E-state index is 6.18. The molecule has 4 aromatic rings. The number of aromatic nitrogens is 2. The summed E-state index contributed by atoms with van der Waals surface area (Å²) < 4.78 is 14.6. The molecule has 0 radical (unpaired) electrons. The predicted octanol–water partition coefficient (Wildman–Crippen LogP) is 4.48. The molecule has 0 saturated carbocycles. The van der Waals surface area contributed by atoms with Gasteiger partial charge in [0.05, 0.1) is 27.8 Å². The van der Waals surface area contributed by atoms with E-state index in [1.54, 1.807) is 0 Å². The molecular formula is C23H23BN2O2. The second-order valence-electron chi connectivity index (χ2n) is 8.40. The molecule has 140 valence electrons. The van der Waals surface area contributed by atoms with E-state index in [0.29, 0.717) is 0 Å². The van der Waals surface area contributed by atoms with Gasteiger partial charge in [-0.3, -0.25) is 4.98 Å². The molecule has 1 fully saturated rings. The molecule has 2 aromatic heterocycles. The first-order valence-corrected chi connectivity index (χ1v) is 9.68. The molecule has 0 amide bonds. The lowest BCUT2D eigenvalue weighted by Gasteiger charge is -2.32. The minimum Gasteiger partial charge on any atom is -0.399 e. The Hall–Kier alpha value is -2.63. The molecule has 28 heavy (non-hydrogen) atoms. The molecule has 5 heteroatoms. The van der Waals surface area contributed by atoms with Crippen molar-refractivity contribution in [2.24, 2.45) is 0 Å². The Morgan fingerprint density at radius 2 is 1.43 bits per heavy atom. The summed E-state index contributed by atoms with van der Waals surface area (Å²) in [7, 11) is -0.348. The summed E-state index contributed by atoms with van der Waals surface area (Å²) in [6.07, 6.45) is 1.85. The molecule has 4 nitrogen and oxygen atoms in total. The third-order valence-corrected chi connectivity index (χ3v) is 6.10. The molecule has 0 spiro atoms. The van der Waals surface area contributed by atoms with Crippen molar-refractivity contribution in [1.82, 2.24) is 9.55 Å². The van der Waals surface area contributed by atoms with E-state index >= 15 is 0 Å². The van der Waals surface area contributed by atoms with Crippen molar-refractivity contribution < 1.29 is 9.31 Å². The van der Waals surface area contributed by atoms with Crippen LogP contribution in [0.1, 0.15) is 27.7 Å². The van der Waals surface area contributed by atoms with Gasteiger partial charge < -0.3 is 13.9 Å². The SMILES string of the molecule is CC1(C)OB(c2ccc(-n3c4ccccc4c4ncccc43)cc2)OC1(C)C. The third-order valence-electron chi connectivity index (χ3n) is 6.10. The molecule has 1 aliphatic rings. The summed E-state index contributed by atoms with van der Waals surface area (Å²) in [5, 5.41) is 1.16. The number of hydrogen-bond donors (Lipinski definition) is 0. The van der Waals surface area contributed by atoms with Gasteiger partial charge in [0.1, 0.15) is 0 Å². The Bertz CT molecular complexity index is 1110. The number of nitrogens with zero attached hydrogens (tertiary/aromatic N) is 2. The summed E-state index contributed by atoms with van der Waals surface area (Å²) >= 11 is 0. The van der Waals surface area contributed by atoms with Crippen LogP contribution in [0.3, 0.4) is 0 Å². The summed E-state index contributed by atoms with van der Waals surface area (Å²) in [6, 6.07) is 20.9. The summed E-state index contributed by atoms with van der Waals surface area (Å²) in [6.45, 7) is 8.30. The molecule has 5 rings (SSSR count). The molecule has 2 aromatic carbocycles. The highest BCUT2D eigenvalue weighted by Crippen LogP contribution is 2.36. The van der Waals surface area contributed by atoms with Crippen molar-refractivity contribution >= 4 is 34.5 Å². The van der Waals surface area contributed by atoms with E-state index < -0.39 is 0 Å².